The number of methoxy groups -OCH3 is 2. The number of carbonyl (C=O) groups excluding carboxylic acids is 1. The summed E-state index contributed by atoms with van der Waals surface area (Å²) in [4.78, 5) is 14.7. The Morgan fingerprint density at radius 1 is 1.10 bits per heavy atom. The van der Waals surface area contributed by atoms with E-state index in [-0.39, 0.29) is 12.0 Å². The van der Waals surface area contributed by atoms with Gasteiger partial charge in [0.1, 0.15) is 12.4 Å². The molecule has 0 N–H and O–H groups in total. The van der Waals surface area contributed by atoms with Crippen molar-refractivity contribution in [1.82, 2.24) is 4.90 Å². The predicted octanol–water partition coefficient (Wildman–Crippen LogP) is 3.92. The fourth-order valence-electron chi connectivity index (χ4n) is 3.37. The quantitative estimate of drug-likeness (QED) is 0.640. The van der Waals surface area contributed by atoms with Crippen molar-refractivity contribution in [3.63, 3.8) is 0 Å². The fourth-order valence-corrected chi connectivity index (χ4v) is 3.37. The van der Waals surface area contributed by atoms with Gasteiger partial charge >= 0.3 is 0 Å². The molecule has 0 spiro atoms. The van der Waals surface area contributed by atoms with Crippen LogP contribution in [0.15, 0.2) is 42.5 Å². The summed E-state index contributed by atoms with van der Waals surface area (Å²) in [7, 11) is 3.21. The second kappa shape index (κ2) is 10.2. The second-order valence-electron chi connectivity index (χ2n) is 6.98. The molecule has 1 aliphatic rings. The van der Waals surface area contributed by atoms with E-state index < -0.39 is 0 Å². The smallest absolute Gasteiger partial charge is 0.254 e. The highest BCUT2D eigenvalue weighted by atomic mass is 16.5. The second-order valence-corrected chi connectivity index (χ2v) is 6.98. The average Bonchev–Trinajstić information content (AvgIpc) is 3.29. The molecule has 1 saturated heterocycles. The minimum atomic E-state index is -0.0204. The highest BCUT2D eigenvalue weighted by Gasteiger charge is 2.18. The summed E-state index contributed by atoms with van der Waals surface area (Å²) < 4.78 is 22.0. The lowest BCUT2D eigenvalue weighted by atomic mass is 10.1. The molecule has 3 rings (SSSR count). The number of hydrogen-bond donors (Lipinski definition) is 0. The monoisotopic (exact) mass is 399 g/mol. The minimum absolute atomic E-state index is 0.0204. The van der Waals surface area contributed by atoms with Crippen LogP contribution in [0.5, 0.6) is 17.2 Å². The van der Waals surface area contributed by atoms with Crippen molar-refractivity contribution in [2.24, 2.45) is 0 Å². The standard InChI is InChI=1S/C23H29NO5/c1-4-24(15-17-7-12-21(26-2)22(14-17)27-3)23(25)18-8-10-19(11-9-18)29-16-20-6-5-13-28-20/h7-12,14,20H,4-6,13,15-16H2,1-3H3/t20-/m0/s1. The molecular weight excluding hydrogens is 370 g/mol. The summed E-state index contributed by atoms with van der Waals surface area (Å²) in [6.45, 7) is 4.43. The molecule has 29 heavy (non-hydrogen) atoms. The molecule has 1 atom stereocenters. The van der Waals surface area contributed by atoms with E-state index in [0.29, 0.717) is 36.8 Å². The lowest BCUT2D eigenvalue weighted by Crippen LogP contribution is -2.30. The van der Waals surface area contributed by atoms with E-state index in [9.17, 15) is 4.79 Å². The van der Waals surface area contributed by atoms with E-state index >= 15 is 0 Å². The molecule has 0 bridgehead atoms. The van der Waals surface area contributed by atoms with Gasteiger partial charge in [-0.2, -0.15) is 0 Å². The van der Waals surface area contributed by atoms with Crippen molar-refractivity contribution >= 4 is 5.91 Å². The number of ether oxygens (including phenoxy) is 4. The van der Waals surface area contributed by atoms with Crippen molar-refractivity contribution in [3.05, 3.63) is 53.6 Å². The summed E-state index contributed by atoms with van der Waals surface area (Å²) in [6, 6.07) is 13.0. The van der Waals surface area contributed by atoms with Crippen molar-refractivity contribution < 1.29 is 23.7 Å². The molecule has 1 amide bonds. The van der Waals surface area contributed by atoms with Gasteiger partial charge in [0.05, 0.1) is 20.3 Å². The van der Waals surface area contributed by atoms with Gasteiger partial charge in [0.2, 0.25) is 0 Å². The third-order valence-electron chi connectivity index (χ3n) is 5.05. The Balaban J connectivity index is 1.62. The van der Waals surface area contributed by atoms with Crippen LogP contribution in [0, 0.1) is 0 Å². The molecule has 1 heterocycles. The summed E-state index contributed by atoms with van der Waals surface area (Å²) >= 11 is 0. The molecule has 0 unspecified atom stereocenters. The zero-order chi connectivity index (χ0) is 20.6. The zero-order valence-corrected chi connectivity index (χ0v) is 17.3. The highest BCUT2D eigenvalue weighted by molar-refractivity contribution is 5.94. The Morgan fingerprint density at radius 2 is 1.86 bits per heavy atom. The molecule has 1 fully saturated rings. The van der Waals surface area contributed by atoms with Gasteiger partial charge in [-0.1, -0.05) is 6.07 Å². The third kappa shape index (κ3) is 5.41. The number of benzene rings is 2. The van der Waals surface area contributed by atoms with Crippen LogP contribution in [0.25, 0.3) is 0 Å². The van der Waals surface area contributed by atoms with Crippen LogP contribution in [0.4, 0.5) is 0 Å². The number of nitrogens with zero attached hydrogens (tertiary/aromatic N) is 1. The molecule has 2 aromatic carbocycles. The number of carbonyl (C=O) groups is 1. The summed E-state index contributed by atoms with van der Waals surface area (Å²) in [5, 5.41) is 0. The van der Waals surface area contributed by atoms with Gasteiger partial charge < -0.3 is 23.8 Å². The Hall–Kier alpha value is -2.73. The Kier molecular flexibility index (Phi) is 7.36. The topological polar surface area (TPSA) is 57.2 Å². The molecular formula is C23H29NO5. The van der Waals surface area contributed by atoms with E-state index in [1.807, 2.05) is 49.4 Å². The van der Waals surface area contributed by atoms with E-state index in [4.69, 9.17) is 18.9 Å². The first-order valence-electron chi connectivity index (χ1n) is 9.99. The Morgan fingerprint density at radius 3 is 2.48 bits per heavy atom. The van der Waals surface area contributed by atoms with Gasteiger partial charge in [0.25, 0.3) is 5.91 Å². The van der Waals surface area contributed by atoms with Crippen LogP contribution < -0.4 is 14.2 Å². The van der Waals surface area contributed by atoms with Crippen LogP contribution in [0.2, 0.25) is 0 Å². The maximum atomic E-state index is 12.9. The number of amides is 1. The van der Waals surface area contributed by atoms with E-state index in [2.05, 4.69) is 0 Å². The van der Waals surface area contributed by atoms with Crippen molar-refractivity contribution in [2.45, 2.75) is 32.4 Å². The third-order valence-corrected chi connectivity index (χ3v) is 5.05. The van der Waals surface area contributed by atoms with Crippen LogP contribution in [0.3, 0.4) is 0 Å². The van der Waals surface area contributed by atoms with Crippen LogP contribution in [0.1, 0.15) is 35.7 Å². The first kappa shape index (κ1) is 21.0. The molecule has 0 saturated carbocycles. The van der Waals surface area contributed by atoms with E-state index in [0.717, 1.165) is 30.8 Å². The van der Waals surface area contributed by atoms with Gasteiger partial charge in [-0.15, -0.1) is 0 Å². The van der Waals surface area contributed by atoms with Gasteiger partial charge in [0, 0.05) is 25.3 Å². The number of rotatable bonds is 9. The van der Waals surface area contributed by atoms with E-state index in [1.54, 1.807) is 19.1 Å². The Labute approximate surface area is 172 Å². The Bertz CT molecular complexity index is 799. The maximum absolute atomic E-state index is 12.9. The summed E-state index contributed by atoms with van der Waals surface area (Å²) in [6.07, 6.45) is 2.31. The molecule has 1 aliphatic heterocycles. The van der Waals surface area contributed by atoms with Gasteiger partial charge in [-0.05, 0) is 61.7 Å². The van der Waals surface area contributed by atoms with E-state index in [1.165, 1.54) is 0 Å². The lowest BCUT2D eigenvalue weighted by molar-refractivity contribution is 0.0678. The SMILES string of the molecule is CCN(Cc1ccc(OC)c(OC)c1)C(=O)c1ccc(OC[C@@H]2CCCO2)cc1. The lowest BCUT2D eigenvalue weighted by Gasteiger charge is -2.22. The molecule has 156 valence electrons. The minimum Gasteiger partial charge on any atom is -0.493 e. The largest absolute Gasteiger partial charge is 0.493 e. The van der Waals surface area contributed by atoms with Crippen LogP contribution in [-0.4, -0.2) is 50.9 Å². The van der Waals surface area contributed by atoms with Gasteiger partial charge in [-0.3, -0.25) is 4.79 Å². The normalized spacial score (nSPS) is 15.8. The molecule has 6 heteroatoms. The first-order valence-corrected chi connectivity index (χ1v) is 9.99. The molecule has 0 aromatic heterocycles. The van der Waals surface area contributed by atoms with Crippen molar-refractivity contribution in [3.8, 4) is 17.2 Å². The summed E-state index contributed by atoms with van der Waals surface area (Å²) in [5.41, 5.74) is 1.62. The average molecular weight is 399 g/mol. The van der Waals surface area contributed by atoms with Crippen LogP contribution >= 0.6 is 0 Å². The highest BCUT2D eigenvalue weighted by Crippen LogP contribution is 2.28. The predicted molar refractivity (Wildman–Crippen MR) is 111 cm³/mol. The molecule has 0 aliphatic carbocycles. The van der Waals surface area contributed by atoms with Gasteiger partial charge in [-0.25, -0.2) is 0 Å². The number of hydrogen-bond acceptors (Lipinski definition) is 5. The zero-order valence-electron chi connectivity index (χ0n) is 17.3. The van der Waals surface area contributed by atoms with Crippen LogP contribution in [-0.2, 0) is 11.3 Å². The first-order chi connectivity index (χ1) is 14.1. The molecule has 0 radical (unpaired) electrons. The molecule has 2 aromatic rings. The summed E-state index contributed by atoms with van der Waals surface area (Å²) in [5.74, 6) is 2.05. The maximum Gasteiger partial charge on any atom is 0.254 e. The fraction of sp³-hybridized carbons (Fsp3) is 0.435. The van der Waals surface area contributed by atoms with Crippen molar-refractivity contribution in [1.29, 1.82) is 0 Å². The van der Waals surface area contributed by atoms with Gasteiger partial charge in [0.15, 0.2) is 11.5 Å². The van der Waals surface area contributed by atoms with Crippen molar-refractivity contribution in [2.75, 3.05) is 34.0 Å². The molecule has 6 nitrogen and oxygen atoms in total.